The highest BCUT2D eigenvalue weighted by molar-refractivity contribution is 7.80. The molecule has 0 fully saturated rings. The minimum Gasteiger partial charge on any atom is -0.451 e. The molecule has 2 aromatic carbocycles. The SMILES string of the molecule is CC[C@H](C)c1ccccc1NC(=S)NC(=O)c1ccc(-c2ccc(C)c(Cl)c2)o1. The highest BCUT2D eigenvalue weighted by Crippen LogP contribution is 2.28. The molecule has 0 spiro atoms. The summed E-state index contributed by atoms with van der Waals surface area (Å²) in [5, 5.41) is 6.67. The molecule has 6 heteroatoms. The number of furan rings is 1. The molecule has 0 aliphatic heterocycles. The number of benzene rings is 2. The van der Waals surface area contributed by atoms with Crippen molar-refractivity contribution in [3.63, 3.8) is 0 Å². The van der Waals surface area contributed by atoms with Gasteiger partial charge in [-0.05, 0) is 66.9 Å². The first-order valence-corrected chi connectivity index (χ1v) is 10.2. The van der Waals surface area contributed by atoms with E-state index in [1.165, 1.54) is 0 Å². The van der Waals surface area contributed by atoms with Crippen molar-refractivity contribution in [2.45, 2.75) is 33.1 Å². The second-order valence-corrected chi connectivity index (χ2v) is 7.75. The predicted molar refractivity (Wildman–Crippen MR) is 123 cm³/mol. The third kappa shape index (κ3) is 5.05. The Labute approximate surface area is 181 Å². The summed E-state index contributed by atoms with van der Waals surface area (Å²) in [5.74, 6) is 0.716. The zero-order valence-corrected chi connectivity index (χ0v) is 18.2. The minimum absolute atomic E-state index is 0.177. The van der Waals surface area contributed by atoms with Gasteiger partial charge in [-0.3, -0.25) is 10.1 Å². The topological polar surface area (TPSA) is 54.3 Å². The number of halogens is 1. The molecule has 0 unspecified atom stereocenters. The fourth-order valence-electron chi connectivity index (χ4n) is 2.94. The molecule has 4 nitrogen and oxygen atoms in total. The quantitative estimate of drug-likeness (QED) is 0.454. The van der Waals surface area contributed by atoms with E-state index in [0.717, 1.165) is 28.8 Å². The van der Waals surface area contributed by atoms with Gasteiger partial charge in [0.2, 0.25) is 0 Å². The lowest BCUT2D eigenvalue weighted by atomic mass is 9.97. The fraction of sp³-hybridized carbons (Fsp3) is 0.217. The Morgan fingerprint density at radius 2 is 1.93 bits per heavy atom. The number of amides is 1. The number of hydrogen-bond acceptors (Lipinski definition) is 3. The Hall–Kier alpha value is -2.63. The van der Waals surface area contributed by atoms with E-state index < -0.39 is 5.91 Å². The summed E-state index contributed by atoms with van der Waals surface area (Å²) >= 11 is 11.5. The third-order valence-corrected chi connectivity index (χ3v) is 5.48. The number of para-hydroxylation sites is 1. The second-order valence-electron chi connectivity index (χ2n) is 6.93. The van der Waals surface area contributed by atoms with E-state index in [9.17, 15) is 4.79 Å². The largest absolute Gasteiger partial charge is 0.451 e. The zero-order chi connectivity index (χ0) is 21.0. The van der Waals surface area contributed by atoms with E-state index in [1.807, 2.05) is 43.3 Å². The predicted octanol–water partition coefficient (Wildman–Crippen LogP) is 6.55. The minimum atomic E-state index is -0.409. The average Bonchev–Trinajstić information content (AvgIpc) is 3.20. The van der Waals surface area contributed by atoms with Gasteiger partial charge >= 0.3 is 0 Å². The highest BCUT2D eigenvalue weighted by atomic mass is 35.5. The molecule has 29 heavy (non-hydrogen) atoms. The number of carbonyl (C=O) groups excluding carboxylic acids is 1. The van der Waals surface area contributed by atoms with Crippen molar-refractivity contribution in [3.05, 3.63) is 76.5 Å². The molecule has 3 aromatic rings. The Morgan fingerprint density at radius 3 is 2.66 bits per heavy atom. The van der Waals surface area contributed by atoms with Gasteiger partial charge in [0.25, 0.3) is 5.91 Å². The number of rotatable bonds is 5. The maximum atomic E-state index is 12.5. The van der Waals surface area contributed by atoms with Crippen LogP contribution in [0.1, 0.15) is 47.9 Å². The first kappa shape index (κ1) is 21.1. The van der Waals surface area contributed by atoms with Crippen LogP contribution in [0.5, 0.6) is 0 Å². The highest BCUT2D eigenvalue weighted by Gasteiger charge is 2.15. The molecule has 0 saturated carbocycles. The van der Waals surface area contributed by atoms with Crippen LogP contribution in [0.3, 0.4) is 0 Å². The van der Waals surface area contributed by atoms with Crippen molar-refractivity contribution in [1.29, 1.82) is 0 Å². The summed E-state index contributed by atoms with van der Waals surface area (Å²) < 4.78 is 5.70. The van der Waals surface area contributed by atoms with Crippen LogP contribution in [-0.2, 0) is 0 Å². The summed E-state index contributed by atoms with van der Waals surface area (Å²) in [6.07, 6.45) is 1.01. The molecule has 0 bridgehead atoms. The number of nitrogens with one attached hydrogen (secondary N) is 2. The van der Waals surface area contributed by atoms with Crippen molar-refractivity contribution in [3.8, 4) is 11.3 Å². The van der Waals surface area contributed by atoms with Crippen molar-refractivity contribution >= 4 is 40.5 Å². The van der Waals surface area contributed by atoms with Gasteiger partial charge in [0.15, 0.2) is 10.9 Å². The van der Waals surface area contributed by atoms with Crippen LogP contribution in [0.2, 0.25) is 5.02 Å². The first-order chi connectivity index (χ1) is 13.9. The van der Waals surface area contributed by atoms with Gasteiger partial charge < -0.3 is 9.73 Å². The summed E-state index contributed by atoms with van der Waals surface area (Å²) in [4.78, 5) is 12.5. The number of aryl methyl sites for hydroxylation is 1. The van der Waals surface area contributed by atoms with Gasteiger partial charge in [0, 0.05) is 16.3 Å². The standard InChI is InChI=1S/C23H23ClN2O2S/c1-4-14(2)17-7-5-6-8-19(17)25-23(29)26-22(27)21-12-11-20(28-21)16-10-9-15(3)18(24)13-16/h5-14H,4H2,1-3H3,(H2,25,26,27,29)/t14-/m0/s1. The maximum absolute atomic E-state index is 12.5. The molecule has 0 radical (unpaired) electrons. The van der Waals surface area contributed by atoms with E-state index in [1.54, 1.807) is 12.1 Å². The zero-order valence-electron chi connectivity index (χ0n) is 16.6. The molecule has 1 heterocycles. The Kier molecular flexibility index (Phi) is 6.72. The van der Waals surface area contributed by atoms with Gasteiger partial charge in [-0.1, -0.05) is 55.8 Å². The smallest absolute Gasteiger partial charge is 0.293 e. The molecular formula is C23H23ClN2O2S. The van der Waals surface area contributed by atoms with Crippen LogP contribution in [0.25, 0.3) is 11.3 Å². The fourth-order valence-corrected chi connectivity index (χ4v) is 3.32. The van der Waals surface area contributed by atoms with Gasteiger partial charge in [-0.25, -0.2) is 0 Å². The molecule has 3 rings (SSSR count). The van der Waals surface area contributed by atoms with Crippen LogP contribution in [0.15, 0.2) is 59.0 Å². The van der Waals surface area contributed by atoms with Gasteiger partial charge in [0.1, 0.15) is 5.76 Å². The van der Waals surface area contributed by atoms with Crippen LogP contribution in [0.4, 0.5) is 5.69 Å². The van der Waals surface area contributed by atoms with E-state index >= 15 is 0 Å². The third-order valence-electron chi connectivity index (χ3n) is 4.87. The second kappa shape index (κ2) is 9.25. The summed E-state index contributed by atoms with van der Waals surface area (Å²) in [5.41, 5.74) is 3.83. The first-order valence-electron chi connectivity index (χ1n) is 9.46. The molecular weight excluding hydrogens is 404 g/mol. The summed E-state index contributed by atoms with van der Waals surface area (Å²) in [7, 11) is 0. The Balaban J connectivity index is 1.69. The molecule has 0 aliphatic rings. The van der Waals surface area contributed by atoms with Gasteiger partial charge in [-0.15, -0.1) is 0 Å². The van der Waals surface area contributed by atoms with Crippen LogP contribution in [0, 0.1) is 6.92 Å². The van der Waals surface area contributed by atoms with Gasteiger partial charge in [-0.2, -0.15) is 0 Å². The van der Waals surface area contributed by atoms with E-state index in [2.05, 4.69) is 30.5 Å². The molecule has 2 N–H and O–H groups in total. The van der Waals surface area contributed by atoms with Crippen LogP contribution in [-0.4, -0.2) is 11.0 Å². The molecule has 0 saturated heterocycles. The normalized spacial score (nSPS) is 11.7. The lowest BCUT2D eigenvalue weighted by molar-refractivity contribution is 0.0951. The monoisotopic (exact) mass is 426 g/mol. The lowest BCUT2D eigenvalue weighted by Crippen LogP contribution is -2.34. The number of thiocarbonyl (C=S) groups is 1. The summed E-state index contributed by atoms with van der Waals surface area (Å²) in [6.45, 7) is 6.22. The Bertz CT molecular complexity index is 1040. The molecule has 150 valence electrons. The van der Waals surface area contributed by atoms with E-state index in [-0.39, 0.29) is 10.9 Å². The number of carbonyl (C=O) groups is 1. The number of anilines is 1. The average molecular weight is 427 g/mol. The van der Waals surface area contributed by atoms with Crippen LogP contribution >= 0.6 is 23.8 Å². The van der Waals surface area contributed by atoms with Crippen molar-refractivity contribution in [2.24, 2.45) is 0 Å². The lowest BCUT2D eigenvalue weighted by Gasteiger charge is -2.16. The van der Waals surface area contributed by atoms with E-state index in [4.69, 9.17) is 28.2 Å². The van der Waals surface area contributed by atoms with Crippen molar-refractivity contribution < 1.29 is 9.21 Å². The number of hydrogen-bond donors (Lipinski definition) is 2. The molecule has 1 atom stereocenters. The molecule has 1 aromatic heterocycles. The van der Waals surface area contributed by atoms with Crippen molar-refractivity contribution in [2.75, 3.05) is 5.32 Å². The van der Waals surface area contributed by atoms with Crippen LogP contribution < -0.4 is 10.6 Å². The van der Waals surface area contributed by atoms with E-state index in [0.29, 0.717) is 16.7 Å². The van der Waals surface area contributed by atoms with Crippen molar-refractivity contribution in [1.82, 2.24) is 5.32 Å². The van der Waals surface area contributed by atoms with Gasteiger partial charge in [0.05, 0.1) is 0 Å². The molecule has 1 amide bonds. The maximum Gasteiger partial charge on any atom is 0.293 e. The summed E-state index contributed by atoms with van der Waals surface area (Å²) in [6, 6.07) is 16.9. The Morgan fingerprint density at radius 1 is 1.17 bits per heavy atom. The molecule has 0 aliphatic carbocycles.